The molecule has 0 fully saturated rings. The molecule has 0 saturated heterocycles. The Labute approximate surface area is 414 Å². The van der Waals surface area contributed by atoms with Crippen molar-refractivity contribution in [3.05, 3.63) is 223 Å². The van der Waals surface area contributed by atoms with Gasteiger partial charge in [0.15, 0.2) is 11.6 Å². The van der Waals surface area contributed by atoms with Gasteiger partial charge in [0.05, 0.1) is 22.1 Å². The second kappa shape index (κ2) is 16.4. The van der Waals surface area contributed by atoms with E-state index in [0.29, 0.717) is 23.5 Å². The summed E-state index contributed by atoms with van der Waals surface area (Å²) in [5.41, 5.74) is 17.6. The van der Waals surface area contributed by atoms with Crippen LogP contribution in [-0.2, 0) is 10.8 Å². The van der Waals surface area contributed by atoms with Crippen LogP contribution >= 0.6 is 0 Å². The Kier molecular flexibility index (Phi) is 9.83. The maximum Gasteiger partial charge on any atom is 0.238 e. The van der Waals surface area contributed by atoms with Crippen LogP contribution in [0, 0.1) is 5.92 Å². The molecule has 0 aliphatic heterocycles. The summed E-state index contributed by atoms with van der Waals surface area (Å²) >= 11 is 0. The molecule has 3 aromatic heterocycles. The Morgan fingerprint density at radius 3 is 1.55 bits per heavy atom. The van der Waals surface area contributed by atoms with Gasteiger partial charge in [0.1, 0.15) is 0 Å². The van der Waals surface area contributed by atoms with Crippen LogP contribution in [0.4, 0.5) is 0 Å². The predicted octanol–water partition coefficient (Wildman–Crippen LogP) is 17.0. The number of rotatable bonds is 7. The van der Waals surface area contributed by atoms with E-state index in [0.717, 1.165) is 66.2 Å². The van der Waals surface area contributed by atoms with Crippen LogP contribution in [0.3, 0.4) is 0 Å². The summed E-state index contributed by atoms with van der Waals surface area (Å²) in [6.45, 7) is 12.1. The van der Waals surface area contributed by atoms with Crippen LogP contribution < -0.4 is 0 Å². The molecule has 1 atom stereocenters. The SMILES string of the molecule is CC1CC(C)(C)c2cccc(-c3ccc(-c4ccc(-n5c6ccccc6c6ccc7c8ccccc8n(-c8nc(-c9ccccc9)nc(-c9ccccc9-c9ccccc9)n8)c7c65)cc4)cc3)c2C1(C)C. The van der Waals surface area contributed by atoms with Gasteiger partial charge in [0.25, 0.3) is 0 Å². The molecule has 71 heavy (non-hydrogen) atoms. The molecule has 13 rings (SSSR count). The molecule has 12 aromatic rings. The van der Waals surface area contributed by atoms with Gasteiger partial charge >= 0.3 is 0 Å². The van der Waals surface area contributed by atoms with Crippen LogP contribution in [0.15, 0.2) is 212 Å². The van der Waals surface area contributed by atoms with E-state index in [4.69, 9.17) is 15.0 Å². The number of hydrogen-bond donors (Lipinski definition) is 0. The second-order valence-corrected chi connectivity index (χ2v) is 20.7. The molecular weight excluding hydrogens is 863 g/mol. The molecule has 1 aliphatic rings. The summed E-state index contributed by atoms with van der Waals surface area (Å²) in [6.07, 6.45) is 1.19. The number of para-hydroxylation sites is 2. The lowest BCUT2D eigenvalue weighted by Gasteiger charge is -2.47. The van der Waals surface area contributed by atoms with Crippen molar-refractivity contribution in [3.63, 3.8) is 0 Å². The molecule has 0 radical (unpaired) electrons. The summed E-state index contributed by atoms with van der Waals surface area (Å²) in [5, 5.41) is 4.60. The Morgan fingerprint density at radius 2 is 0.887 bits per heavy atom. The Morgan fingerprint density at radius 1 is 0.394 bits per heavy atom. The van der Waals surface area contributed by atoms with Crippen molar-refractivity contribution in [1.29, 1.82) is 0 Å². The highest BCUT2D eigenvalue weighted by atomic mass is 15.2. The molecule has 0 bridgehead atoms. The summed E-state index contributed by atoms with van der Waals surface area (Å²) in [4.78, 5) is 16.1. The lowest BCUT2D eigenvalue weighted by molar-refractivity contribution is 0.234. The zero-order valence-corrected chi connectivity index (χ0v) is 40.7. The third-order valence-corrected chi connectivity index (χ3v) is 15.7. The molecule has 0 spiro atoms. The number of aromatic nitrogens is 5. The average Bonchev–Trinajstić information content (AvgIpc) is 3.94. The van der Waals surface area contributed by atoms with E-state index in [1.54, 1.807) is 0 Å². The number of fused-ring (bicyclic) bond motifs is 8. The lowest BCUT2D eigenvalue weighted by Crippen LogP contribution is -2.40. The number of benzene rings is 9. The number of hydrogen-bond acceptors (Lipinski definition) is 3. The minimum Gasteiger partial charge on any atom is -0.307 e. The van der Waals surface area contributed by atoms with Crippen LogP contribution in [-0.4, -0.2) is 24.1 Å². The van der Waals surface area contributed by atoms with E-state index in [1.165, 1.54) is 45.2 Å². The maximum absolute atomic E-state index is 5.46. The van der Waals surface area contributed by atoms with Crippen LogP contribution in [0.25, 0.3) is 111 Å². The van der Waals surface area contributed by atoms with Gasteiger partial charge < -0.3 is 4.57 Å². The van der Waals surface area contributed by atoms with Crippen LogP contribution in [0.2, 0.25) is 0 Å². The predicted molar refractivity (Wildman–Crippen MR) is 296 cm³/mol. The van der Waals surface area contributed by atoms with E-state index in [2.05, 4.69) is 232 Å². The van der Waals surface area contributed by atoms with E-state index in [9.17, 15) is 0 Å². The van der Waals surface area contributed by atoms with Crippen molar-refractivity contribution in [1.82, 2.24) is 24.1 Å². The molecule has 9 aromatic carbocycles. The molecule has 342 valence electrons. The smallest absolute Gasteiger partial charge is 0.238 e. The maximum atomic E-state index is 5.46. The third kappa shape index (κ3) is 6.86. The van der Waals surface area contributed by atoms with Gasteiger partial charge in [-0.1, -0.05) is 223 Å². The van der Waals surface area contributed by atoms with Crippen molar-refractivity contribution in [2.45, 2.75) is 51.9 Å². The topological polar surface area (TPSA) is 48.5 Å². The van der Waals surface area contributed by atoms with Gasteiger partial charge in [-0.3, -0.25) is 4.57 Å². The summed E-state index contributed by atoms with van der Waals surface area (Å²) in [7, 11) is 0. The first-order chi connectivity index (χ1) is 34.6. The van der Waals surface area contributed by atoms with Gasteiger partial charge in [-0.25, -0.2) is 4.98 Å². The van der Waals surface area contributed by atoms with Crippen molar-refractivity contribution in [3.8, 4) is 67.8 Å². The number of nitrogens with zero attached hydrogens (tertiary/aromatic N) is 5. The molecule has 5 nitrogen and oxygen atoms in total. The fourth-order valence-electron chi connectivity index (χ4n) is 11.9. The van der Waals surface area contributed by atoms with Crippen molar-refractivity contribution in [2.24, 2.45) is 5.92 Å². The van der Waals surface area contributed by atoms with Gasteiger partial charge in [0, 0.05) is 38.4 Å². The van der Waals surface area contributed by atoms with Gasteiger partial charge in [-0.05, 0) is 91.9 Å². The first-order valence-corrected chi connectivity index (χ1v) is 24.9. The van der Waals surface area contributed by atoms with Gasteiger partial charge in [-0.15, -0.1) is 0 Å². The van der Waals surface area contributed by atoms with Crippen LogP contribution in [0.5, 0.6) is 0 Å². The van der Waals surface area contributed by atoms with E-state index in [1.807, 2.05) is 24.3 Å². The fraction of sp³-hybridized carbons (Fsp3) is 0.136. The van der Waals surface area contributed by atoms with E-state index >= 15 is 0 Å². The van der Waals surface area contributed by atoms with E-state index in [-0.39, 0.29) is 10.8 Å². The largest absolute Gasteiger partial charge is 0.307 e. The van der Waals surface area contributed by atoms with Crippen molar-refractivity contribution < 1.29 is 0 Å². The molecule has 5 heteroatoms. The molecular formula is C66H53N5. The normalized spacial score (nSPS) is 15.1. The minimum absolute atomic E-state index is 0.0802. The average molecular weight is 916 g/mol. The van der Waals surface area contributed by atoms with Crippen molar-refractivity contribution >= 4 is 43.6 Å². The van der Waals surface area contributed by atoms with E-state index < -0.39 is 0 Å². The zero-order valence-electron chi connectivity index (χ0n) is 40.7. The quantitative estimate of drug-likeness (QED) is 0.160. The Balaban J connectivity index is 0.989. The monoisotopic (exact) mass is 915 g/mol. The first kappa shape index (κ1) is 42.7. The minimum atomic E-state index is 0.0802. The molecule has 1 unspecified atom stereocenters. The summed E-state index contributed by atoms with van der Waals surface area (Å²) < 4.78 is 4.70. The first-order valence-electron chi connectivity index (χ1n) is 24.9. The van der Waals surface area contributed by atoms with Crippen LogP contribution in [0.1, 0.15) is 52.2 Å². The summed E-state index contributed by atoms with van der Waals surface area (Å²) in [6, 6.07) is 76.4. The van der Waals surface area contributed by atoms with Gasteiger partial charge in [-0.2, -0.15) is 9.97 Å². The molecule has 1 aliphatic carbocycles. The molecule has 0 saturated carbocycles. The van der Waals surface area contributed by atoms with Crippen molar-refractivity contribution in [2.75, 3.05) is 0 Å². The third-order valence-electron chi connectivity index (χ3n) is 15.7. The Bertz CT molecular complexity index is 4010. The molecule has 3 heterocycles. The molecule has 0 amide bonds. The fourth-order valence-corrected chi connectivity index (χ4v) is 11.9. The highest BCUT2D eigenvalue weighted by Gasteiger charge is 2.43. The standard InChI is InChI=1S/C66H53N5/c1-42-41-65(2,3)56-28-18-27-50(59(56)66(42,4)5)46-33-31-43(32-34-46)44-35-37-48(38-36-44)70-57-29-16-14-24-51(57)53-39-40-54-52-25-15-17-30-58(52)71(61(54)60(53)70)64-68-62(47-21-10-7-11-22-47)67-63(69-64)55-26-13-12-23-49(55)45-19-8-6-9-20-45/h6-40,42H,41H2,1-5H3. The lowest BCUT2D eigenvalue weighted by atomic mass is 9.57. The second-order valence-electron chi connectivity index (χ2n) is 20.7. The highest BCUT2D eigenvalue weighted by Crippen LogP contribution is 2.52. The Hall–Kier alpha value is -8.41. The molecule has 0 N–H and O–H groups in total. The summed E-state index contributed by atoms with van der Waals surface area (Å²) in [5.74, 6) is 2.36. The van der Waals surface area contributed by atoms with Gasteiger partial charge in [0.2, 0.25) is 5.95 Å². The highest BCUT2D eigenvalue weighted by molar-refractivity contribution is 6.23. The zero-order chi connectivity index (χ0) is 48.0.